The zero-order chi connectivity index (χ0) is 15.9. The second-order valence-electron chi connectivity index (χ2n) is 5.78. The van der Waals surface area contributed by atoms with Gasteiger partial charge in [-0.25, -0.2) is 8.42 Å². The summed E-state index contributed by atoms with van der Waals surface area (Å²) in [6.45, 7) is 3.71. The van der Waals surface area contributed by atoms with Gasteiger partial charge < -0.3 is 9.64 Å². The van der Waals surface area contributed by atoms with Crippen LogP contribution in [0.5, 0.6) is 0 Å². The summed E-state index contributed by atoms with van der Waals surface area (Å²) < 4.78 is 31.1. The van der Waals surface area contributed by atoms with Crippen LogP contribution in [-0.4, -0.2) is 68.2 Å². The van der Waals surface area contributed by atoms with Crippen LogP contribution in [0.15, 0.2) is 11.4 Å². The number of morpholine rings is 1. The lowest BCUT2D eigenvalue weighted by molar-refractivity contribution is -0.0704. The molecule has 1 amide bonds. The Balaban J connectivity index is 1.80. The number of amides is 1. The molecule has 2 atom stereocenters. The summed E-state index contributed by atoms with van der Waals surface area (Å²) in [5, 5.41) is 1.90. The second kappa shape index (κ2) is 5.92. The Kier molecular flexibility index (Phi) is 4.28. The largest absolute Gasteiger partial charge is 0.375 e. The standard InChI is InChI=1S/C14H20N2O4S2/c1-10-11(4-8-21-10)14(17)15-5-3-13-12(9-15)16(6-7-20-13)22(2,18)19/h4,8,12-13H,3,5-7,9H2,1-2H3/t12-,13-/m0/s1. The first-order chi connectivity index (χ1) is 10.4. The van der Waals surface area contributed by atoms with Crippen LogP contribution < -0.4 is 0 Å². The highest BCUT2D eigenvalue weighted by atomic mass is 32.2. The third kappa shape index (κ3) is 2.92. The van der Waals surface area contributed by atoms with Crippen LogP contribution >= 0.6 is 11.3 Å². The SMILES string of the molecule is Cc1sccc1C(=O)N1CC[C@@H]2OCCN(S(C)(=O)=O)[C@H]2C1. The zero-order valence-corrected chi connectivity index (χ0v) is 14.3. The van der Waals surface area contributed by atoms with Crippen molar-refractivity contribution in [2.24, 2.45) is 0 Å². The van der Waals surface area contributed by atoms with Crippen LogP contribution in [0.25, 0.3) is 0 Å². The van der Waals surface area contributed by atoms with E-state index in [0.717, 1.165) is 4.88 Å². The Hall–Kier alpha value is -0.960. The van der Waals surface area contributed by atoms with Gasteiger partial charge in [0.2, 0.25) is 10.0 Å². The van der Waals surface area contributed by atoms with Crippen molar-refractivity contribution in [1.29, 1.82) is 0 Å². The van der Waals surface area contributed by atoms with Crippen molar-refractivity contribution in [3.8, 4) is 0 Å². The van der Waals surface area contributed by atoms with E-state index in [1.807, 2.05) is 18.4 Å². The Morgan fingerprint density at radius 3 is 2.82 bits per heavy atom. The summed E-state index contributed by atoms with van der Waals surface area (Å²) in [4.78, 5) is 15.4. The lowest BCUT2D eigenvalue weighted by Crippen LogP contribution is -2.61. The van der Waals surface area contributed by atoms with Crippen LogP contribution in [0.4, 0.5) is 0 Å². The maximum atomic E-state index is 12.6. The van der Waals surface area contributed by atoms with Gasteiger partial charge in [0.25, 0.3) is 5.91 Å². The predicted octanol–water partition coefficient (Wildman–Crippen LogP) is 0.931. The maximum absolute atomic E-state index is 12.6. The van der Waals surface area contributed by atoms with E-state index in [1.54, 1.807) is 16.2 Å². The zero-order valence-electron chi connectivity index (χ0n) is 12.7. The first-order valence-electron chi connectivity index (χ1n) is 7.29. The lowest BCUT2D eigenvalue weighted by Gasteiger charge is -2.45. The van der Waals surface area contributed by atoms with Crippen molar-refractivity contribution in [1.82, 2.24) is 9.21 Å². The van der Waals surface area contributed by atoms with E-state index in [2.05, 4.69) is 0 Å². The molecular formula is C14H20N2O4S2. The average molecular weight is 344 g/mol. The fourth-order valence-corrected chi connectivity index (χ4v) is 5.01. The van der Waals surface area contributed by atoms with Gasteiger partial charge in [0.05, 0.1) is 30.6 Å². The number of piperidine rings is 1. The fourth-order valence-electron chi connectivity index (χ4n) is 3.21. The molecule has 3 heterocycles. The molecule has 1 aromatic heterocycles. The molecule has 8 heteroatoms. The van der Waals surface area contributed by atoms with Crippen LogP contribution in [-0.2, 0) is 14.8 Å². The van der Waals surface area contributed by atoms with Crippen molar-refractivity contribution < 1.29 is 17.9 Å². The van der Waals surface area contributed by atoms with Gasteiger partial charge in [-0.1, -0.05) is 0 Å². The number of hydrogen-bond donors (Lipinski definition) is 0. The van der Waals surface area contributed by atoms with Gasteiger partial charge in [0.1, 0.15) is 0 Å². The number of ether oxygens (including phenoxy) is 1. The highest BCUT2D eigenvalue weighted by Crippen LogP contribution is 2.27. The summed E-state index contributed by atoms with van der Waals surface area (Å²) in [5.74, 6) is -0.0174. The monoisotopic (exact) mass is 344 g/mol. The average Bonchev–Trinajstić information content (AvgIpc) is 2.90. The van der Waals surface area contributed by atoms with E-state index in [0.29, 0.717) is 38.2 Å². The van der Waals surface area contributed by atoms with E-state index in [1.165, 1.54) is 10.6 Å². The number of fused-ring (bicyclic) bond motifs is 1. The molecule has 122 valence electrons. The van der Waals surface area contributed by atoms with Crippen LogP contribution in [0.3, 0.4) is 0 Å². The minimum absolute atomic E-state index is 0.0174. The molecule has 2 saturated heterocycles. The van der Waals surface area contributed by atoms with Crippen molar-refractivity contribution in [3.05, 3.63) is 21.9 Å². The quantitative estimate of drug-likeness (QED) is 0.800. The smallest absolute Gasteiger partial charge is 0.255 e. The minimum atomic E-state index is -3.29. The number of nitrogens with zero attached hydrogens (tertiary/aromatic N) is 2. The molecule has 0 aromatic carbocycles. The number of carbonyl (C=O) groups excluding carboxylic acids is 1. The molecular weight excluding hydrogens is 324 g/mol. The molecule has 0 unspecified atom stereocenters. The molecule has 0 spiro atoms. The predicted molar refractivity (Wildman–Crippen MR) is 84.7 cm³/mol. The van der Waals surface area contributed by atoms with E-state index >= 15 is 0 Å². The summed E-state index contributed by atoms with van der Waals surface area (Å²) in [6, 6.07) is 1.56. The van der Waals surface area contributed by atoms with Crippen molar-refractivity contribution >= 4 is 27.3 Å². The molecule has 3 rings (SSSR count). The third-order valence-corrected chi connectivity index (χ3v) is 6.49. The number of sulfonamides is 1. The molecule has 0 bridgehead atoms. The summed E-state index contributed by atoms with van der Waals surface area (Å²) in [6.07, 6.45) is 1.78. The highest BCUT2D eigenvalue weighted by Gasteiger charge is 2.42. The van der Waals surface area contributed by atoms with Crippen molar-refractivity contribution in [2.75, 3.05) is 32.5 Å². The number of aryl methyl sites for hydroxylation is 1. The lowest BCUT2D eigenvalue weighted by atomic mass is 10.00. The molecule has 22 heavy (non-hydrogen) atoms. The molecule has 1 aromatic rings. The van der Waals surface area contributed by atoms with Gasteiger partial charge in [-0.2, -0.15) is 4.31 Å². The molecule has 2 fully saturated rings. The Morgan fingerprint density at radius 1 is 1.41 bits per heavy atom. The van der Waals surface area contributed by atoms with E-state index < -0.39 is 10.0 Å². The fraction of sp³-hybridized carbons (Fsp3) is 0.643. The number of hydrogen-bond acceptors (Lipinski definition) is 5. The minimum Gasteiger partial charge on any atom is -0.375 e. The Labute approximate surface area is 134 Å². The number of rotatable bonds is 2. The van der Waals surface area contributed by atoms with Crippen molar-refractivity contribution in [2.45, 2.75) is 25.5 Å². The van der Waals surface area contributed by atoms with E-state index in [-0.39, 0.29) is 18.1 Å². The van der Waals surface area contributed by atoms with Gasteiger partial charge in [0, 0.05) is 24.5 Å². The molecule has 0 saturated carbocycles. The second-order valence-corrected chi connectivity index (χ2v) is 8.84. The third-order valence-electron chi connectivity index (χ3n) is 4.34. The molecule has 2 aliphatic rings. The number of thiophene rings is 1. The van der Waals surface area contributed by atoms with Crippen LogP contribution in [0, 0.1) is 6.92 Å². The van der Waals surface area contributed by atoms with Gasteiger partial charge in [-0.15, -0.1) is 11.3 Å². The van der Waals surface area contributed by atoms with Gasteiger partial charge in [-0.3, -0.25) is 4.79 Å². The summed E-state index contributed by atoms with van der Waals surface area (Å²) >= 11 is 1.55. The highest BCUT2D eigenvalue weighted by molar-refractivity contribution is 7.88. The number of likely N-dealkylation sites (tertiary alicyclic amines) is 1. The normalized spacial score (nSPS) is 26.7. The van der Waals surface area contributed by atoms with Gasteiger partial charge in [0.15, 0.2) is 0 Å². The maximum Gasteiger partial charge on any atom is 0.255 e. The van der Waals surface area contributed by atoms with Crippen LogP contribution in [0.2, 0.25) is 0 Å². The Morgan fingerprint density at radius 2 is 2.18 bits per heavy atom. The number of carbonyl (C=O) groups is 1. The van der Waals surface area contributed by atoms with Gasteiger partial charge >= 0.3 is 0 Å². The first-order valence-corrected chi connectivity index (χ1v) is 10.0. The molecule has 2 aliphatic heterocycles. The molecule has 0 aliphatic carbocycles. The first kappa shape index (κ1) is 15.9. The molecule has 6 nitrogen and oxygen atoms in total. The van der Waals surface area contributed by atoms with Crippen LogP contribution in [0.1, 0.15) is 21.7 Å². The summed E-state index contributed by atoms with van der Waals surface area (Å²) in [5.41, 5.74) is 0.714. The van der Waals surface area contributed by atoms with Crippen molar-refractivity contribution in [3.63, 3.8) is 0 Å². The topological polar surface area (TPSA) is 66.9 Å². The molecule has 0 N–H and O–H groups in total. The Bertz CT molecular complexity index is 670. The van der Waals surface area contributed by atoms with Gasteiger partial charge in [-0.05, 0) is 24.8 Å². The van der Waals surface area contributed by atoms with E-state index in [9.17, 15) is 13.2 Å². The summed E-state index contributed by atoms with van der Waals surface area (Å²) in [7, 11) is -3.29. The van der Waals surface area contributed by atoms with E-state index in [4.69, 9.17) is 4.74 Å². The molecule has 0 radical (unpaired) electrons.